The van der Waals surface area contributed by atoms with Gasteiger partial charge in [0.1, 0.15) is 9.84 Å². The summed E-state index contributed by atoms with van der Waals surface area (Å²) in [6.07, 6.45) is 2.86. The van der Waals surface area contributed by atoms with E-state index < -0.39 is 15.9 Å². The summed E-state index contributed by atoms with van der Waals surface area (Å²) in [5, 5.41) is 0. The van der Waals surface area contributed by atoms with E-state index >= 15 is 0 Å². The molecule has 9 nitrogen and oxygen atoms in total. The van der Waals surface area contributed by atoms with Gasteiger partial charge in [0, 0.05) is 24.6 Å². The average molecular weight is 497 g/mol. The Labute approximate surface area is 203 Å². The molecule has 3 heterocycles. The van der Waals surface area contributed by atoms with Crippen molar-refractivity contribution in [3.05, 3.63) is 70.9 Å². The first-order valence-corrected chi connectivity index (χ1v) is 13.3. The highest BCUT2D eigenvalue weighted by molar-refractivity contribution is 7.90. The van der Waals surface area contributed by atoms with Crippen molar-refractivity contribution in [3.63, 3.8) is 0 Å². The predicted molar refractivity (Wildman–Crippen MR) is 135 cm³/mol. The van der Waals surface area contributed by atoms with Gasteiger partial charge in [-0.15, -0.1) is 0 Å². The Morgan fingerprint density at radius 2 is 1.86 bits per heavy atom. The number of imidazole rings is 1. The van der Waals surface area contributed by atoms with Gasteiger partial charge in [0.05, 0.1) is 47.9 Å². The third-order valence-electron chi connectivity index (χ3n) is 5.70. The van der Waals surface area contributed by atoms with E-state index in [9.17, 15) is 13.2 Å². The van der Waals surface area contributed by atoms with Crippen molar-refractivity contribution in [3.8, 4) is 22.9 Å². The lowest BCUT2D eigenvalue weighted by Crippen LogP contribution is -2.32. The van der Waals surface area contributed by atoms with Crippen molar-refractivity contribution in [2.24, 2.45) is 0 Å². The number of benzene rings is 1. The first kappa shape index (κ1) is 24.5. The van der Waals surface area contributed by atoms with Crippen LogP contribution in [0, 0.1) is 0 Å². The summed E-state index contributed by atoms with van der Waals surface area (Å²) in [5.74, 6) is 0.371. The molecule has 0 aliphatic heterocycles. The SMILES string of the molecule is CCOc1nc(C(CS(C)(=O)=O)n2c(=O)n(CC)c3cc(-c4ccccn4)ccc32)ccc1OC. The minimum absolute atomic E-state index is 0.246. The summed E-state index contributed by atoms with van der Waals surface area (Å²) < 4.78 is 39.0. The quantitative estimate of drug-likeness (QED) is 0.350. The summed E-state index contributed by atoms with van der Waals surface area (Å²) in [6.45, 7) is 4.47. The lowest BCUT2D eigenvalue weighted by Gasteiger charge is -2.19. The molecule has 0 fully saturated rings. The van der Waals surface area contributed by atoms with Crippen LogP contribution in [0.4, 0.5) is 0 Å². The van der Waals surface area contributed by atoms with Crippen LogP contribution < -0.4 is 15.2 Å². The van der Waals surface area contributed by atoms with Crippen molar-refractivity contribution < 1.29 is 17.9 Å². The number of pyridine rings is 2. The van der Waals surface area contributed by atoms with Gasteiger partial charge in [-0.25, -0.2) is 18.2 Å². The molecule has 1 aromatic carbocycles. The molecule has 35 heavy (non-hydrogen) atoms. The molecule has 0 saturated carbocycles. The summed E-state index contributed by atoms with van der Waals surface area (Å²) in [7, 11) is -1.98. The van der Waals surface area contributed by atoms with Crippen LogP contribution in [0.5, 0.6) is 11.6 Å². The van der Waals surface area contributed by atoms with Gasteiger partial charge in [-0.1, -0.05) is 12.1 Å². The number of nitrogens with zero attached hydrogens (tertiary/aromatic N) is 4. The minimum Gasteiger partial charge on any atom is -0.491 e. The number of rotatable bonds is 9. The molecule has 4 rings (SSSR count). The first-order chi connectivity index (χ1) is 16.8. The largest absolute Gasteiger partial charge is 0.491 e. The molecular weight excluding hydrogens is 468 g/mol. The molecule has 0 aliphatic carbocycles. The van der Waals surface area contributed by atoms with Crippen LogP contribution in [0.3, 0.4) is 0 Å². The number of hydrogen-bond acceptors (Lipinski definition) is 7. The van der Waals surface area contributed by atoms with E-state index in [1.54, 1.807) is 22.9 Å². The topological polar surface area (TPSA) is 105 Å². The average Bonchev–Trinajstić information content (AvgIpc) is 3.12. The summed E-state index contributed by atoms with van der Waals surface area (Å²) in [5.41, 5.74) is 3.02. The Morgan fingerprint density at radius 1 is 1.06 bits per heavy atom. The molecule has 0 saturated heterocycles. The van der Waals surface area contributed by atoms with Crippen molar-refractivity contribution in [1.82, 2.24) is 19.1 Å². The van der Waals surface area contributed by atoms with Gasteiger partial charge in [0.15, 0.2) is 5.75 Å². The monoisotopic (exact) mass is 496 g/mol. The van der Waals surface area contributed by atoms with E-state index in [2.05, 4.69) is 9.97 Å². The molecule has 4 aromatic rings. The van der Waals surface area contributed by atoms with Crippen molar-refractivity contribution in [2.75, 3.05) is 25.7 Å². The van der Waals surface area contributed by atoms with Crippen molar-refractivity contribution in [1.29, 1.82) is 0 Å². The van der Waals surface area contributed by atoms with E-state index in [4.69, 9.17) is 9.47 Å². The number of fused-ring (bicyclic) bond motifs is 1. The number of methoxy groups -OCH3 is 1. The van der Waals surface area contributed by atoms with E-state index in [1.807, 2.05) is 50.2 Å². The molecule has 0 radical (unpaired) electrons. The third kappa shape index (κ3) is 4.93. The molecule has 0 spiro atoms. The fourth-order valence-corrected chi connectivity index (χ4v) is 5.07. The van der Waals surface area contributed by atoms with Crippen LogP contribution >= 0.6 is 0 Å². The van der Waals surface area contributed by atoms with Gasteiger partial charge in [0.25, 0.3) is 5.88 Å². The second-order valence-electron chi connectivity index (χ2n) is 8.10. The van der Waals surface area contributed by atoms with Crippen LogP contribution in [0.15, 0.2) is 59.5 Å². The highest BCUT2D eigenvalue weighted by atomic mass is 32.2. The normalized spacial score (nSPS) is 12.6. The summed E-state index contributed by atoms with van der Waals surface area (Å²) in [4.78, 5) is 22.6. The van der Waals surface area contributed by atoms with E-state index in [0.717, 1.165) is 17.5 Å². The number of hydrogen-bond donors (Lipinski definition) is 0. The van der Waals surface area contributed by atoms with Crippen molar-refractivity contribution in [2.45, 2.75) is 26.4 Å². The number of sulfone groups is 1. The lowest BCUT2D eigenvalue weighted by molar-refractivity contribution is 0.296. The second-order valence-corrected chi connectivity index (χ2v) is 10.3. The smallest absolute Gasteiger partial charge is 0.329 e. The number of ether oxygens (including phenoxy) is 2. The maximum Gasteiger partial charge on any atom is 0.329 e. The van der Waals surface area contributed by atoms with Crippen molar-refractivity contribution >= 4 is 20.9 Å². The molecular formula is C25H28N4O5S. The molecule has 3 aromatic heterocycles. The Balaban J connectivity index is 1.96. The standard InChI is InChI=1S/C25H28N4O5S/c1-5-28-21-15-17(18-9-7-8-14-26-18)10-12-20(21)29(25(28)30)22(16-35(4,31)32)19-11-13-23(33-3)24(27-19)34-6-2/h7-15,22H,5-6,16H2,1-4H3. The van der Waals surface area contributed by atoms with Crippen LogP contribution in [0.1, 0.15) is 25.6 Å². The highest BCUT2D eigenvalue weighted by Crippen LogP contribution is 2.31. The zero-order chi connectivity index (χ0) is 25.2. The maximum absolute atomic E-state index is 13.6. The van der Waals surface area contributed by atoms with Gasteiger partial charge >= 0.3 is 5.69 Å². The predicted octanol–water partition coefficient (Wildman–Crippen LogP) is 3.32. The fraction of sp³-hybridized carbons (Fsp3) is 0.320. The second kappa shape index (κ2) is 9.91. The lowest BCUT2D eigenvalue weighted by atomic mass is 10.1. The number of aryl methyl sites for hydroxylation is 1. The minimum atomic E-state index is -3.49. The van der Waals surface area contributed by atoms with Crippen LogP contribution in [0.2, 0.25) is 0 Å². The zero-order valence-corrected chi connectivity index (χ0v) is 20.9. The summed E-state index contributed by atoms with van der Waals surface area (Å²) >= 11 is 0. The third-order valence-corrected chi connectivity index (χ3v) is 6.62. The highest BCUT2D eigenvalue weighted by Gasteiger charge is 2.27. The van der Waals surface area contributed by atoms with Crippen LogP contribution in [-0.4, -0.2) is 53.2 Å². The van der Waals surface area contributed by atoms with Gasteiger partial charge in [-0.3, -0.25) is 14.1 Å². The molecule has 0 bridgehead atoms. The van der Waals surface area contributed by atoms with E-state index in [1.165, 1.54) is 11.7 Å². The Bertz CT molecular complexity index is 1510. The molecule has 184 valence electrons. The molecule has 10 heteroatoms. The summed E-state index contributed by atoms with van der Waals surface area (Å²) in [6, 6.07) is 13.7. The Morgan fingerprint density at radius 3 is 2.49 bits per heavy atom. The fourth-order valence-electron chi connectivity index (χ4n) is 4.18. The maximum atomic E-state index is 13.6. The molecule has 0 aliphatic rings. The van der Waals surface area contributed by atoms with E-state index in [-0.39, 0.29) is 17.3 Å². The first-order valence-electron chi connectivity index (χ1n) is 11.3. The molecule has 1 unspecified atom stereocenters. The van der Waals surface area contributed by atoms with Crippen LogP contribution in [-0.2, 0) is 16.4 Å². The van der Waals surface area contributed by atoms with Crippen LogP contribution in [0.25, 0.3) is 22.3 Å². The van der Waals surface area contributed by atoms with Gasteiger partial charge in [-0.2, -0.15) is 0 Å². The van der Waals surface area contributed by atoms with E-state index in [0.29, 0.717) is 35.6 Å². The van der Waals surface area contributed by atoms with Gasteiger partial charge < -0.3 is 9.47 Å². The zero-order valence-electron chi connectivity index (χ0n) is 20.1. The Hall–Kier alpha value is -3.66. The molecule has 0 N–H and O–H groups in total. The molecule has 1 atom stereocenters. The molecule has 0 amide bonds. The van der Waals surface area contributed by atoms with Gasteiger partial charge in [-0.05, 0) is 50.2 Å². The van der Waals surface area contributed by atoms with Gasteiger partial charge in [0.2, 0.25) is 0 Å². The Kier molecular flexibility index (Phi) is 6.93. The number of aromatic nitrogens is 4.